The lowest BCUT2D eigenvalue weighted by Gasteiger charge is -2.39. The molecule has 0 saturated heterocycles. The first kappa shape index (κ1) is 23.5. The number of allylic oxidation sites excluding steroid dienone is 2. The average Bonchev–Trinajstić information content (AvgIpc) is 2.71. The minimum absolute atomic E-state index is 0.0257. The Morgan fingerprint density at radius 2 is 1.74 bits per heavy atom. The molecule has 0 aliphatic heterocycles. The minimum Gasteiger partial charge on any atom is -0.548 e. The van der Waals surface area contributed by atoms with Crippen molar-refractivity contribution in [2.24, 2.45) is 5.41 Å². The molecule has 0 saturated carbocycles. The number of carbonyl (C=O) groups is 3. The van der Waals surface area contributed by atoms with Gasteiger partial charge in [-0.3, -0.25) is 14.6 Å². The summed E-state index contributed by atoms with van der Waals surface area (Å²) >= 11 is 13.9. The largest absolute Gasteiger partial charge is 0.548 e. The molecule has 3 rings (SSSR count). The molecule has 2 aromatic rings. The van der Waals surface area contributed by atoms with Crippen LogP contribution in [0.3, 0.4) is 0 Å². The predicted molar refractivity (Wildman–Crippen MR) is 124 cm³/mol. The molecule has 2 N–H and O–H groups in total. The fourth-order valence-electron chi connectivity index (χ4n) is 3.11. The summed E-state index contributed by atoms with van der Waals surface area (Å²) in [4.78, 5) is 39.9. The second-order valence-electron chi connectivity index (χ2n) is 7.49. The van der Waals surface area contributed by atoms with E-state index in [1.165, 1.54) is 12.4 Å². The van der Waals surface area contributed by atoms with E-state index < -0.39 is 23.3 Å². The van der Waals surface area contributed by atoms with Crippen LogP contribution >= 0.6 is 45.8 Å². The zero-order valence-electron chi connectivity index (χ0n) is 16.5. The number of aromatic nitrogens is 1. The van der Waals surface area contributed by atoms with E-state index in [-0.39, 0.29) is 27.8 Å². The van der Waals surface area contributed by atoms with Gasteiger partial charge in [0.05, 0.1) is 36.6 Å². The van der Waals surface area contributed by atoms with Crippen molar-refractivity contribution in [1.29, 1.82) is 0 Å². The highest BCUT2D eigenvalue weighted by Crippen LogP contribution is 2.44. The van der Waals surface area contributed by atoms with Crippen molar-refractivity contribution in [2.75, 3.05) is 5.32 Å². The Balaban J connectivity index is 1.70. The Bertz CT molecular complexity index is 1080. The van der Waals surface area contributed by atoms with Gasteiger partial charge in [0.25, 0.3) is 5.91 Å². The zero-order valence-corrected chi connectivity index (χ0v) is 20.1. The third-order valence-corrected chi connectivity index (χ3v) is 6.55. The van der Waals surface area contributed by atoms with E-state index in [0.29, 0.717) is 20.5 Å². The summed E-state index contributed by atoms with van der Waals surface area (Å²) in [6, 6.07) is 5.66. The molecule has 0 radical (unpaired) electrons. The first-order chi connectivity index (χ1) is 14.5. The van der Waals surface area contributed by atoms with E-state index in [2.05, 4.69) is 15.6 Å². The molecule has 7 nitrogen and oxygen atoms in total. The molecule has 0 spiro atoms. The SMILES string of the molecule is CC1(C)C(=O)C(I)=C1N[C@@H](Cc1ccc(NC(=O)c2c(Cl)cncc2Cl)cc1)C(=O)[O-]. The van der Waals surface area contributed by atoms with Crippen molar-refractivity contribution in [3.05, 3.63) is 67.1 Å². The Morgan fingerprint density at radius 1 is 1.16 bits per heavy atom. The van der Waals surface area contributed by atoms with Crippen LogP contribution in [0, 0.1) is 5.41 Å². The van der Waals surface area contributed by atoms with Crippen molar-refractivity contribution in [1.82, 2.24) is 10.3 Å². The van der Waals surface area contributed by atoms with Crippen LogP contribution in [0.15, 0.2) is 45.9 Å². The monoisotopic (exact) mass is 572 g/mol. The summed E-state index contributed by atoms with van der Waals surface area (Å²) in [5, 5.41) is 17.5. The molecule has 31 heavy (non-hydrogen) atoms. The van der Waals surface area contributed by atoms with Crippen LogP contribution in [-0.2, 0) is 16.0 Å². The number of pyridine rings is 1. The number of hydrogen-bond donors (Lipinski definition) is 2. The number of nitrogens with zero attached hydrogens (tertiary/aromatic N) is 1. The number of halogens is 3. The number of Topliss-reactive ketones (excluding diaryl/α,β-unsaturated/α-hetero) is 1. The van der Waals surface area contributed by atoms with Crippen LogP contribution in [0.1, 0.15) is 29.8 Å². The number of aliphatic carboxylic acids is 1. The van der Waals surface area contributed by atoms with Gasteiger partial charge in [-0.25, -0.2) is 0 Å². The first-order valence-electron chi connectivity index (χ1n) is 9.14. The summed E-state index contributed by atoms with van der Waals surface area (Å²) in [7, 11) is 0. The van der Waals surface area contributed by atoms with Gasteiger partial charge in [0.2, 0.25) is 0 Å². The summed E-state index contributed by atoms with van der Waals surface area (Å²) in [5.41, 5.74) is 1.16. The van der Waals surface area contributed by atoms with Gasteiger partial charge >= 0.3 is 0 Å². The molecule has 1 heterocycles. The molecule has 1 amide bonds. The van der Waals surface area contributed by atoms with Gasteiger partial charge in [0.1, 0.15) is 0 Å². The first-order valence-corrected chi connectivity index (χ1v) is 11.0. The van der Waals surface area contributed by atoms with E-state index in [1.807, 2.05) is 22.6 Å². The standard InChI is InChI=1S/C21H18Cl2IN3O4/c1-21(2)17(16(24)18(21)28)27-14(20(30)31)7-10-3-5-11(6-4-10)26-19(29)15-12(22)8-25-9-13(15)23/h3-6,8-9,14,27H,7H2,1-2H3,(H,26,29)(H,30,31)/p-1/t14-/m0/s1. The molecule has 1 aromatic carbocycles. The summed E-state index contributed by atoms with van der Waals surface area (Å²) in [6.07, 6.45) is 2.79. The Hall–Kier alpha value is -2.17. The fraction of sp³-hybridized carbons (Fsp3) is 0.238. The van der Waals surface area contributed by atoms with E-state index in [0.717, 1.165) is 0 Å². The second-order valence-corrected chi connectivity index (χ2v) is 9.39. The van der Waals surface area contributed by atoms with Crippen molar-refractivity contribution in [2.45, 2.75) is 26.3 Å². The molecule has 0 bridgehead atoms. The van der Waals surface area contributed by atoms with Crippen molar-refractivity contribution < 1.29 is 19.5 Å². The van der Waals surface area contributed by atoms with Crippen LogP contribution < -0.4 is 15.7 Å². The highest BCUT2D eigenvalue weighted by Gasteiger charge is 2.46. The van der Waals surface area contributed by atoms with Gasteiger partial charge < -0.3 is 20.5 Å². The van der Waals surface area contributed by atoms with Gasteiger partial charge in [-0.1, -0.05) is 35.3 Å². The second kappa shape index (κ2) is 9.13. The summed E-state index contributed by atoms with van der Waals surface area (Å²) in [6.45, 7) is 3.48. The molecule has 1 aliphatic rings. The molecular formula is C21H17Cl2IN3O4-. The number of benzene rings is 1. The van der Waals surface area contributed by atoms with Crippen LogP contribution in [0.25, 0.3) is 0 Å². The Morgan fingerprint density at radius 3 is 2.26 bits per heavy atom. The lowest BCUT2D eigenvalue weighted by molar-refractivity contribution is -0.308. The normalized spacial score (nSPS) is 15.8. The maximum absolute atomic E-state index is 12.4. The average molecular weight is 573 g/mol. The van der Waals surface area contributed by atoms with Crippen LogP contribution in [0.4, 0.5) is 5.69 Å². The molecule has 0 fully saturated rings. The molecule has 1 atom stereocenters. The van der Waals surface area contributed by atoms with Crippen molar-refractivity contribution in [3.8, 4) is 0 Å². The van der Waals surface area contributed by atoms with E-state index in [9.17, 15) is 19.5 Å². The van der Waals surface area contributed by atoms with E-state index in [4.69, 9.17) is 23.2 Å². The number of carboxylic acids is 1. The maximum Gasteiger partial charge on any atom is 0.258 e. The van der Waals surface area contributed by atoms with Gasteiger partial charge in [0.15, 0.2) is 5.78 Å². The summed E-state index contributed by atoms with van der Waals surface area (Å²) in [5.74, 6) is -1.79. The molecule has 0 unspecified atom stereocenters. The molecule has 162 valence electrons. The number of amides is 1. The third-order valence-electron chi connectivity index (χ3n) is 4.95. The number of carbonyl (C=O) groups excluding carboxylic acids is 3. The maximum atomic E-state index is 12.4. The highest BCUT2D eigenvalue weighted by atomic mass is 127. The highest BCUT2D eigenvalue weighted by molar-refractivity contribution is 14.1. The lowest BCUT2D eigenvalue weighted by atomic mass is 9.74. The van der Waals surface area contributed by atoms with Crippen molar-refractivity contribution >= 4 is 69.1 Å². The quantitative estimate of drug-likeness (QED) is 0.493. The van der Waals surface area contributed by atoms with Gasteiger partial charge in [-0.2, -0.15) is 0 Å². The molecule has 10 heteroatoms. The van der Waals surface area contributed by atoms with Crippen LogP contribution in [0.2, 0.25) is 10.0 Å². The number of hydrogen-bond acceptors (Lipinski definition) is 6. The van der Waals surface area contributed by atoms with E-state index >= 15 is 0 Å². The lowest BCUT2D eigenvalue weighted by Crippen LogP contribution is -2.53. The molecule has 1 aliphatic carbocycles. The Kier molecular flexibility index (Phi) is 6.92. The van der Waals surface area contributed by atoms with Crippen LogP contribution in [0.5, 0.6) is 0 Å². The van der Waals surface area contributed by atoms with Gasteiger partial charge in [-0.15, -0.1) is 0 Å². The van der Waals surface area contributed by atoms with Crippen LogP contribution in [-0.4, -0.2) is 28.7 Å². The third kappa shape index (κ3) is 4.86. The number of rotatable bonds is 7. The minimum atomic E-state index is -1.27. The van der Waals surface area contributed by atoms with Gasteiger partial charge in [-0.05, 0) is 60.6 Å². The van der Waals surface area contributed by atoms with E-state index in [1.54, 1.807) is 38.1 Å². The van der Waals surface area contributed by atoms with Crippen molar-refractivity contribution in [3.63, 3.8) is 0 Å². The topological polar surface area (TPSA) is 111 Å². The number of ketones is 1. The predicted octanol–water partition coefficient (Wildman–Crippen LogP) is 3.15. The molecule has 1 aromatic heterocycles. The zero-order chi connectivity index (χ0) is 22.9. The van der Waals surface area contributed by atoms with Gasteiger partial charge in [0, 0.05) is 23.8 Å². The Labute approximate surface area is 202 Å². The number of anilines is 1. The fourth-order valence-corrected chi connectivity index (χ4v) is 5.15. The number of carboxylic acid groups (broad SMARTS) is 1. The smallest absolute Gasteiger partial charge is 0.258 e. The molecular weight excluding hydrogens is 556 g/mol. The number of nitrogens with one attached hydrogen (secondary N) is 2. The summed E-state index contributed by atoms with van der Waals surface area (Å²) < 4.78 is 0.500.